The Kier molecular flexibility index (Phi) is 2.66. The molecule has 3 rings (SSSR count). The van der Waals surface area contributed by atoms with Crippen LogP contribution in [-0.4, -0.2) is 36.0 Å². The fourth-order valence-electron chi connectivity index (χ4n) is 3.93. The summed E-state index contributed by atoms with van der Waals surface area (Å²) in [6.07, 6.45) is 5.98. The summed E-state index contributed by atoms with van der Waals surface area (Å²) in [7, 11) is 0. The second kappa shape index (κ2) is 4.02. The zero-order valence-corrected chi connectivity index (χ0v) is 10.1. The SMILES string of the molecule is CC1CC2CNCC2N1C(=O)C1CCCC1. The number of rotatable bonds is 1. The van der Waals surface area contributed by atoms with Gasteiger partial charge in [0.05, 0.1) is 0 Å². The van der Waals surface area contributed by atoms with E-state index in [-0.39, 0.29) is 0 Å². The molecule has 2 heterocycles. The van der Waals surface area contributed by atoms with Crippen LogP contribution >= 0.6 is 0 Å². The molecule has 1 aliphatic carbocycles. The lowest BCUT2D eigenvalue weighted by Crippen LogP contribution is -2.45. The minimum Gasteiger partial charge on any atom is -0.335 e. The molecule has 0 radical (unpaired) electrons. The molecule has 1 saturated carbocycles. The van der Waals surface area contributed by atoms with Crippen molar-refractivity contribution >= 4 is 5.91 Å². The smallest absolute Gasteiger partial charge is 0.226 e. The van der Waals surface area contributed by atoms with Crippen LogP contribution in [-0.2, 0) is 4.79 Å². The first kappa shape index (κ1) is 10.6. The average Bonchev–Trinajstić information content (AvgIpc) is 2.89. The minimum absolute atomic E-state index is 0.349. The summed E-state index contributed by atoms with van der Waals surface area (Å²) < 4.78 is 0. The maximum atomic E-state index is 12.5. The Morgan fingerprint density at radius 3 is 2.75 bits per heavy atom. The average molecular weight is 222 g/mol. The molecule has 3 nitrogen and oxygen atoms in total. The van der Waals surface area contributed by atoms with Crippen molar-refractivity contribution in [3.05, 3.63) is 0 Å². The van der Waals surface area contributed by atoms with E-state index in [1.54, 1.807) is 0 Å². The first-order valence-electron chi connectivity index (χ1n) is 6.80. The fourth-order valence-corrected chi connectivity index (χ4v) is 3.93. The number of hydrogen-bond donors (Lipinski definition) is 1. The van der Waals surface area contributed by atoms with Gasteiger partial charge in [-0.1, -0.05) is 12.8 Å². The molecule has 3 unspecified atom stereocenters. The van der Waals surface area contributed by atoms with Gasteiger partial charge in [-0.05, 0) is 32.1 Å². The van der Waals surface area contributed by atoms with Crippen LogP contribution < -0.4 is 5.32 Å². The molecular weight excluding hydrogens is 200 g/mol. The normalized spacial score (nSPS) is 39.3. The lowest BCUT2D eigenvalue weighted by atomic mass is 10.0. The van der Waals surface area contributed by atoms with Crippen LogP contribution in [0.15, 0.2) is 0 Å². The van der Waals surface area contributed by atoms with Gasteiger partial charge in [-0.25, -0.2) is 0 Å². The summed E-state index contributed by atoms with van der Waals surface area (Å²) >= 11 is 0. The van der Waals surface area contributed by atoms with E-state index in [9.17, 15) is 4.79 Å². The van der Waals surface area contributed by atoms with E-state index in [0.29, 0.717) is 23.9 Å². The van der Waals surface area contributed by atoms with Crippen molar-refractivity contribution in [2.24, 2.45) is 11.8 Å². The second-order valence-corrected chi connectivity index (χ2v) is 5.80. The van der Waals surface area contributed by atoms with Gasteiger partial charge in [0.1, 0.15) is 0 Å². The van der Waals surface area contributed by atoms with E-state index in [4.69, 9.17) is 0 Å². The Morgan fingerprint density at radius 2 is 2.00 bits per heavy atom. The van der Waals surface area contributed by atoms with Crippen molar-refractivity contribution < 1.29 is 4.79 Å². The first-order chi connectivity index (χ1) is 7.77. The zero-order chi connectivity index (χ0) is 11.1. The van der Waals surface area contributed by atoms with Crippen molar-refractivity contribution in [2.45, 2.75) is 51.1 Å². The molecule has 3 heteroatoms. The molecule has 0 bridgehead atoms. The molecule has 3 fully saturated rings. The first-order valence-corrected chi connectivity index (χ1v) is 6.80. The molecule has 1 N–H and O–H groups in total. The Morgan fingerprint density at radius 1 is 1.25 bits per heavy atom. The number of fused-ring (bicyclic) bond motifs is 1. The largest absolute Gasteiger partial charge is 0.335 e. The third-order valence-electron chi connectivity index (χ3n) is 4.74. The topological polar surface area (TPSA) is 32.3 Å². The summed E-state index contributed by atoms with van der Waals surface area (Å²) in [6.45, 7) is 4.36. The monoisotopic (exact) mass is 222 g/mol. The van der Waals surface area contributed by atoms with E-state index < -0.39 is 0 Å². The van der Waals surface area contributed by atoms with Gasteiger partial charge in [0.15, 0.2) is 0 Å². The predicted molar refractivity (Wildman–Crippen MR) is 63.0 cm³/mol. The third-order valence-corrected chi connectivity index (χ3v) is 4.74. The molecule has 3 atom stereocenters. The fraction of sp³-hybridized carbons (Fsp3) is 0.923. The van der Waals surface area contributed by atoms with Gasteiger partial charge < -0.3 is 10.2 Å². The highest BCUT2D eigenvalue weighted by atomic mass is 16.2. The van der Waals surface area contributed by atoms with E-state index in [1.165, 1.54) is 19.3 Å². The van der Waals surface area contributed by atoms with Crippen LogP contribution in [0.2, 0.25) is 0 Å². The molecule has 0 spiro atoms. The van der Waals surface area contributed by atoms with E-state index in [2.05, 4.69) is 17.1 Å². The van der Waals surface area contributed by atoms with Crippen LogP contribution in [0, 0.1) is 11.8 Å². The van der Waals surface area contributed by atoms with Crippen molar-refractivity contribution in [1.82, 2.24) is 10.2 Å². The number of carbonyl (C=O) groups is 1. The number of nitrogens with one attached hydrogen (secondary N) is 1. The van der Waals surface area contributed by atoms with Gasteiger partial charge >= 0.3 is 0 Å². The maximum absolute atomic E-state index is 12.5. The number of likely N-dealkylation sites (tertiary alicyclic amines) is 1. The third kappa shape index (κ3) is 1.56. The summed E-state index contributed by atoms with van der Waals surface area (Å²) in [5, 5.41) is 3.43. The Labute approximate surface area is 97.6 Å². The van der Waals surface area contributed by atoms with Gasteiger partial charge in [-0.2, -0.15) is 0 Å². The molecular formula is C13H22N2O. The van der Waals surface area contributed by atoms with Crippen LogP contribution in [0.4, 0.5) is 0 Å². The minimum atomic E-state index is 0.349. The van der Waals surface area contributed by atoms with Crippen molar-refractivity contribution in [3.63, 3.8) is 0 Å². The van der Waals surface area contributed by atoms with Crippen molar-refractivity contribution in [3.8, 4) is 0 Å². The van der Waals surface area contributed by atoms with Crippen LogP contribution in [0.25, 0.3) is 0 Å². The molecule has 90 valence electrons. The molecule has 3 aliphatic rings. The number of hydrogen-bond acceptors (Lipinski definition) is 2. The van der Waals surface area contributed by atoms with Gasteiger partial charge in [0, 0.05) is 31.1 Å². The highest BCUT2D eigenvalue weighted by Crippen LogP contribution is 2.36. The van der Waals surface area contributed by atoms with Crippen LogP contribution in [0.3, 0.4) is 0 Å². The molecule has 0 aromatic rings. The van der Waals surface area contributed by atoms with Gasteiger partial charge in [0.2, 0.25) is 5.91 Å². The molecule has 0 aromatic carbocycles. The zero-order valence-electron chi connectivity index (χ0n) is 10.1. The second-order valence-electron chi connectivity index (χ2n) is 5.80. The number of amides is 1. The lowest BCUT2D eigenvalue weighted by molar-refractivity contribution is -0.137. The molecule has 2 saturated heterocycles. The molecule has 1 amide bonds. The van der Waals surface area contributed by atoms with Crippen LogP contribution in [0.5, 0.6) is 0 Å². The molecule has 0 aromatic heterocycles. The Hall–Kier alpha value is -0.570. The Bertz CT molecular complexity index is 286. The van der Waals surface area contributed by atoms with E-state index in [0.717, 1.165) is 31.8 Å². The van der Waals surface area contributed by atoms with Crippen molar-refractivity contribution in [2.75, 3.05) is 13.1 Å². The standard InChI is InChI=1S/C13H22N2O/c1-9-6-11-7-14-8-12(11)15(9)13(16)10-4-2-3-5-10/h9-12,14H,2-8H2,1H3. The summed E-state index contributed by atoms with van der Waals surface area (Å²) in [5.41, 5.74) is 0. The predicted octanol–water partition coefficient (Wildman–Crippen LogP) is 1.39. The summed E-state index contributed by atoms with van der Waals surface area (Å²) in [4.78, 5) is 14.7. The van der Waals surface area contributed by atoms with Gasteiger partial charge in [-0.15, -0.1) is 0 Å². The maximum Gasteiger partial charge on any atom is 0.226 e. The highest BCUT2D eigenvalue weighted by Gasteiger charge is 2.45. The molecule has 16 heavy (non-hydrogen) atoms. The summed E-state index contributed by atoms with van der Waals surface area (Å²) in [6, 6.07) is 0.980. The number of carbonyl (C=O) groups excluding carboxylic acids is 1. The van der Waals surface area contributed by atoms with Gasteiger partial charge in [0.25, 0.3) is 0 Å². The number of nitrogens with zero attached hydrogens (tertiary/aromatic N) is 1. The lowest BCUT2D eigenvalue weighted by Gasteiger charge is -2.30. The van der Waals surface area contributed by atoms with E-state index >= 15 is 0 Å². The van der Waals surface area contributed by atoms with Crippen LogP contribution in [0.1, 0.15) is 39.0 Å². The molecule has 2 aliphatic heterocycles. The highest BCUT2D eigenvalue weighted by molar-refractivity contribution is 5.80. The summed E-state index contributed by atoms with van der Waals surface area (Å²) in [5.74, 6) is 1.53. The van der Waals surface area contributed by atoms with E-state index in [1.807, 2.05) is 0 Å². The Balaban J connectivity index is 1.74. The van der Waals surface area contributed by atoms with Crippen molar-refractivity contribution in [1.29, 1.82) is 0 Å². The quantitative estimate of drug-likeness (QED) is 0.727. The van der Waals surface area contributed by atoms with Gasteiger partial charge in [-0.3, -0.25) is 4.79 Å².